The molecule has 0 unspecified atom stereocenters. The van der Waals surface area contributed by atoms with Crippen LogP contribution in [0, 0.1) is 11.6 Å². The van der Waals surface area contributed by atoms with Gasteiger partial charge in [0.05, 0.1) is 11.6 Å². The Morgan fingerprint density at radius 3 is 2.65 bits per heavy atom. The minimum Gasteiger partial charge on any atom is -0.381 e. The fourth-order valence-corrected chi connectivity index (χ4v) is 2.86. The Kier molecular flexibility index (Phi) is 3.67. The second kappa shape index (κ2) is 5.41. The highest BCUT2D eigenvalue weighted by atomic mass is 32.2. The molecule has 0 bridgehead atoms. The maximum Gasteiger partial charge on any atom is 0.197 e. The number of pyridine rings is 1. The number of halogens is 2. The summed E-state index contributed by atoms with van der Waals surface area (Å²) in [5.41, 5.74) is 6.31. The fraction of sp³-hybridized carbons (Fsp3) is 0.286. The number of nitrogens with two attached hydrogens (primary N) is 1. The summed E-state index contributed by atoms with van der Waals surface area (Å²) >= 11 is 1.23. The Morgan fingerprint density at radius 1 is 1.22 bits per heavy atom. The van der Waals surface area contributed by atoms with Crippen LogP contribution in [0.2, 0.25) is 0 Å². The molecule has 9 heteroatoms. The van der Waals surface area contributed by atoms with Crippen LogP contribution in [0.5, 0.6) is 0 Å². The number of nitrogen functional groups attached to an aromatic ring is 1. The zero-order chi connectivity index (χ0) is 16.8. The van der Waals surface area contributed by atoms with Crippen LogP contribution in [0.4, 0.5) is 14.6 Å². The quantitative estimate of drug-likeness (QED) is 0.551. The second-order valence-corrected chi connectivity index (χ2v) is 7.70. The van der Waals surface area contributed by atoms with E-state index in [9.17, 15) is 8.78 Å². The molecule has 0 atom stereocenters. The molecule has 120 valence electrons. The molecule has 0 saturated heterocycles. The van der Waals surface area contributed by atoms with Crippen LogP contribution >= 0.6 is 11.8 Å². The van der Waals surface area contributed by atoms with Gasteiger partial charge >= 0.3 is 0 Å². The molecule has 3 heterocycles. The van der Waals surface area contributed by atoms with Crippen LogP contribution in [0.1, 0.15) is 20.8 Å². The summed E-state index contributed by atoms with van der Waals surface area (Å²) in [6.45, 7) is 5.79. The number of aromatic nitrogens is 5. The van der Waals surface area contributed by atoms with E-state index in [-0.39, 0.29) is 27.1 Å². The van der Waals surface area contributed by atoms with Crippen molar-refractivity contribution in [2.45, 2.75) is 30.5 Å². The average molecular weight is 336 g/mol. The van der Waals surface area contributed by atoms with E-state index >= 15 is 0 Å². The van der Waals surface area contributed by atoms with Gasteiger partial charge in [0.15, 0.2) is 23.1 Å². The van der Waals surface area contributed by atoms with E-state index in [1.165, 1.54) is 17.8 Å². The van der Waals surface area contributed by atoms with Gasteiger partial charge in [-0.2, -0.15) is 9.49 Å². The van der Waals surface area contributed by atoms with Gasteiger partial charge < -0.3 is 5.73 Å². The molecule has 0 aliphatic rings. The Labute approximate surface area is 134 Å². The predicted molar refractivity (Wildman–Crippen MR) is 84.9 cm³/mol. The van der Waals surface area contributed by atoms with Crippen LogP contribution in [-0.2, 0) is 0 Å². The number of H-pyrrole nitrogens is 1. The van der Waals surface area contributed by atoms with Crippen LogP contribution in [-0.4, -0.2) is 29.9 Å². The molecule has 6 nitrogen and oxygen atoms in total. The van der Waals surface area contributed by atoms with Crippen molar-refractivity contribution in [1.29, 1.82) is 0 Å². The first-order valence-corrected chi connectivity index (χ1v) is 7.58. The molecule has 0 saturated carbocycles. The summed E-state index contributed by atoms with van der Waals surface area (Å²) in [6.07, 6.45) is 1.07. The first-order valence-electron chi connectivity index (χ1n) is 6.76. The minimum atomic E-state index is -0.669. The summed E-state index contributed by atoms with van der Waals surface area (Å²) < 4.78 is 27.3. The number of fused-ring (bicyclic) bond motifs is 1. The highest BCUT2D eigenvalue weighted by molar-refractivity contribution is 8.00. The van der Waals surface area contributed by atoms with Gasteiger partial charge in [-0.3, -0.25) is 5.10 Å². The summed E-state index contributed by atoms with van der Waals surface area (Å²) in [4.78, 5) is 12.0. The maximum absolute atomic E-state index is 14.2. The van der Waals surface area contributed by atoms with E-state index in [1.807, 2.05) is 20.8 Å². The third-order valence-electron chi connectivity index (χ3n) is 2.84. The number of hydrogen-bond donors (Lipinski definition) is 2. The highest BCUT2D eigenvalue weighted by Gasteiger charge is 2.22. The lowest BCUT2D eigenvalue weighted by atomic mass is 10.2. The molecule has 23 heavy (non-hydrogen) atoms. The first-order chi connectivity index (χ1) is 10.7. The fourth-order valence-electron chi connectivity index (χ4n) is 1.95. The van der Waals surface area contributed by atoms with Gasteiger partial charge in [0, 0.05) is 4.75 Å². The summed E-state index contributed by atoms with van der Waals surface area (Å²) in [5.74, 6) is -1.34. The lowest BCUT2D eigenvalue weighted by molar-refractivity contribution is 0.584. The second-order valence-electron chi connectivity index (χ2n) is 5.89. The molecule has 0 radical (unpaired) electrons. The molecule has 0 aliphatic carbocycles. The molecular formula is C14H14F2N6S. The molecule has 3 rings (SSSR count). The number of hydrogen-bond acceptors (Lipinski definition) is 6. The Bertz CT molecular complexity index is 887. The van der Waals surface area contributed by atoms with E-state index in [0.29, 0.717) is 11.0 Å². The Balaban J connectivity index is 2.17. The van der Waals surface area contributed by atoms with Crippen molar-refractivity contribution in [2.75, 3.05) is 5.73 Å². The van der Waals surface area contributed by atoms with E-state index in [0.717, 1.165) is 6.20 Å². The first kappa shape index (κ1) is 15.6. The van der Waals surface area contributed by atoms with Crippen molar-refractivity contribution in [3.8, 4) is 11.5 Å². The minimum absolute atomic E-state index is 0.120. The molecule has 3 aromatic rings. The van der Waals surface area contributed by atoms with E-state index < -0.39 is 11.6 Å². The van der Waals surface area contributed by atoms with Crippen LogP contribution in [0.3, 0.4) is 0 Å². The SMILES string of the molecule is CC(C)(C)Sc1nc(-c2n[nH]c3ncc(F)cc23)nc(N)c1F. The largest absolute Gasteiger partial charge is 0.381 e. The smallest absolute Gasteiger partial charge is 0.197 e. The maximum atomic E-state index is 14.2. The third kappa shape index (κ3) is 3.09. The molecule has 0 aromatic carbocycles. The van der Waals surface area contributed by atoms with Gasteiger partial charge in [-0.05, 0) is 6.07 Å². The van der Waals surface area contributed by atoms with Crippen molar-refractivity contribution in [2.24, 2.45) is 0 Å². The molecule has 0 aliphatic heterocycles. The van der Waals surface area contributed by atoms with E-state index in [1.54, 1.807) is 0 Å². The monoisotopic (exact) mass is 336 g/mol. The van der Waals surface area contributed by atoms with E-state index in [2.05, 4.69) is 25.1 Å². The molecule has 0 spiro atoms. The molecule has 3 aromatic heterocycles. The lowest BCUT2D eigenvalue weighted by Crippen LogP contribution is -2.10. The van der Waals surface area contributed by atoms with Gasteiger partial charge in [0.1, 0.15) is 16.5 Å². The van der Waals surface area contributed by atoms with Crippen LogP contribution in [0.15, 0.2) is 17.3 Å². The van der Waals surface area contributed by atoms with Gasteiger partial charge in [-0.25, -0.2) is 19.3 Å². The Hall–Kier alpha value is -2.29. The van der Waals surface area contributed by atoms with Gasteiger partial charge in [-0.15, -0.1) is 0 Å². The zero-order valence-corrected chi connectivity index (χ0v) is 13.5. The molecule has 3 N–H and O–H groups in total. The number of thioether (sulfide) groups is 1. The molecule has 0 amide bonds. The standard InChI is InChI=1S/C14H14F2N6S/c1-14(2,3)23-13-8(16)10(17)19-12(20-13)9-7-4-6(15)5-18-11(7)22-21-9/h4-5H,1-3H3,(H2,17,19,20)(H,18,21,22). The van der Waals surface area contributed by atoms with Gasteiger partial charge in [0.2, 0.25) is 0 Å². The summed E-state index contributed by atoms with van der Waals surface area (Å²) in [7, 11) is 0. The molecular weight excluding hydrogens is 322 g/mol. The predicted octanol–water partition coefficient (Wildman–Crippen LogP) is 3.17. The average Bonchev–Trinajstić information content (AvgIpc) is 2.85. The highest BCUT2D eigenvalue weighted by Crippen LogP contribution is 2.35. The van der Waals surface area contributed by atoms with Crippen molar-refractivity contribution >= 4 is 28.6 Å². The number of anilines is 1. The number of aromatic amines is 1. The van der Waals surface area contributed by atoms with Gasteiger partial charge in [-0.1, -0.05) is 32.5 Å². The van der Waals surface area contributed by atoms with Crippen molar-refractivity contribution < 1.29 is 8.78 Å². The third-order valence-corrected chi connectivity index (χ3v) is 3.92. The number of rotatable bonds is 2. The van der Waals surface area contributed by atoms with Gasteiger partial charge in [0.25, 0.3) is 0 Å². The van der Waals surface area contributed by atoms with Crippen molar-refractivity contribution in [3.05, 3.63) is 23.9 Å². The van der Waals surface area contributed by atoms with Crippen LogP contribution < -0.4 is 5.73 Å². The topological polar surface area (TPSA) is 93.4 Å². The summed E-state index contributed by atoms with van der Waals surface area (Å²) in [6, 6.07) is 1.26. The van der Waals surface area contributed by atoms with E-state index in [4.69, 9.17) is 5.73 Å². The molecule has 0 fully saturated rings. The van der Waals surface area contributed by atoms with Crippen LogP contribution in [0.25, 0.3) is 22.6 Å². The normalized spacial score (nSPS) is 12.0. The van der Waals surface area contributed by atoms with Crippen molar-refractivity contribution in [3.63, 3.8) is 0 Å². The number of nitrogens with one attached hydrogen (secondary N) is 1. The summed E-state index contributed by atoms with van der Waals surface area (Å²) in [5, 5.41) is 7.25. The lowest BCUT2D eigenvalue weighted by Gasteiger charge is -2.17. The Morgan fingerprint density at radius 2 is 1.96 bits per heavy atom. The zero-order valence-electron chi connectivity index (χ0n) is 12.7. The van der Waals surface area contributed by atoms with Crippen molar-refractivity contribution in [1.82, 2.24) is 25.1 Å². The number of nitrogens with zero attached hydrogens (tertiary/aromatic N) is 4.